The van der Waals surface area contributed by atoms with Crippen molar-refractivity contribution in [1.82, 2.24) is 5.32 Å². The summed E-state index contributed by atoms with van der Waals surface area (Å²) >= 11 is 15.5. The van der Waals surface area contributed by atoms with E-state index in [0.717, 1.165) is 22.3 Å². The van der Waals surface area contributed by atoms with Crippen molar-refractivity contribution in [1.29, 1.82) is 0 Å². The highest BCUT2D eigenvalue weighted by Gasteiger charge is 2.19. The van der Waals surface area contributed by atoms with E-state index in [-0.39, 0.29) is 6.04 Å². The van der Waals surface area contributed by atoms with Gasteiger partial charge in [-0.15, -0.1) is 22.7 Å². The van der Waals surface area contributed by atoms with Crippen LogP contribution in [0.15, 0.2) is 23.6 Å². The van der Waals surface area contributed by atoms with Crippen LogP contribution in [0.2, 0.25) is 9.36 Å². The summed E-state index contributed by atoms with van der Waals surface area (Å²) < 4.78 is 0.816. The van der Waals surface area contributed by atoms with Gasteiger partial charge in [0.15, 0.2) is 0 Å². The molecule has 0 aliphatic carbocycles. The van der Waals surface area contributed by atoms with Crippen molar-refractivity contribution < 1.29 is 0 Å². The second-order valence-corrected chi connectivity index (χ2v) is 6.76. The van der Waals surface area contributed by atoms with E-state index in [4.69, 9.17) is 23.2 Å². The molecule has 2 rings (SSSR count). The van der Waals surface area contributed by atoms with E-state index in [0.29, 0.717) is 0 Å². The highest BCUT2D eigenvalue weighted by molar-refractivity contribution is 7.16. The molecule has 1 nitrogen and oxygen atoms in total. The van der Waals surface area contributed by atoms with E-state index < -0.39 is 0 Å². The summed E-state index contributed by atoms with van der Waals surface area (Å²) in [6.45, 7) is 3.12. The van der Waals surface area contributed by atoms with Gasteiger partial charge in [-0.25, -0.2) is 0 Å². The Labute approximate surface area is 119 Å². The number of hydrogen-bond acceptors (Lipinski definition) is 3. The minimum absolute atomic E-state index is 0.167. The second kappa shape index (κ2) is 6.21. The lowest BCUT2D eigenvalue weighted by atomic mass is 10.2. The molecule has 0 bridgehead atoms. The fourth-order valence-electron chi connectivity index (χ4n) is 1.61. The van der Waals surface area contributed by atoms with Gasteiger partial charge >= 0.3 is 0 Å². The third-order valence-corrected chi connectivity index (χ3v) is 5.10. The van der Waals surface area contributed by atoms with E-state index in [1.165, 1.54) is 9.75 Å². The molecule has 0 saturated carbocycles. The van der Waals surface area contributed by atoms with Crippen molar-refractivity contribution in [2.24, 2.45) is 0 Å². The lowest BCUT2D eigenvalue weighted by Gasteiger charge is -2.16. The minimum Gasteiger partial charge on any atom is -0.305 e. The Morgan fingerprint density at radius 3 is 2.65 bits per heavy atom. The average molecular weight is 306 g/mol. The molecule has 0 aromatic carbocycles. The zero-order valence-electron chi connectivity index (χ0n) is 9.37. The van der Waals surface area contributed by atoms with Crippen LogP contribution in [0.5, 0.6) is 0 Å². The van der Waals surface area contributed by atoms with Crippen LogP contribution in [-0.2, 0) is 0 Å². The number of rotatable bonds is 5. The van der Waals surface area contributed by atoms with Gasteiger partial charge in [0.25, 0.3) is 0 Å². The van der Waals surface area contributed by atoms with Gasteiger partial charge in [0.1, 0.15) is 0 Å². The van der Waals surface area contributed by atoms with E-state index in [2.05, 4.69) is 18.3 Å². The summed E-state index contributed by atoms with van der Waals surface area (Å²) in [5.41, 5.74) is 0. The molecule has 0 radical (unpaired) electrons. The van der Waals surface area contributed by atoms with Crippen LogP contribution in [-0.4, -0.2) is 6.54 Å². The van der Waals surface area contributed by atoms with Gasteiger partial charge in [0.05, 0.1) is 15.4 Å². The highest BCUT2D eigenvalue weighted by Crippen LogP contribution is 2.36. The summed E-state index contributed by atoms with van der Waals surface area (Å²) in [5, 5.41) is 6.37. The van der Waals surface area contributed by atoms with E-state index >= 15 is 0 Å². The Bertz CT molecular complexity index is 478. The molecule has 0 spiro atoms. The van der Waals surface area contributed by atoms with Crippen molar-refractivity contribution >= 4 is 45.9 Å². The summed E-state index contributed by atoms with van der Waals surface area (Å²) in [5.74, 6) is 0. The third kappa shape index (κ3) is 3.24. The Hall–Kier alpha value is -0.0600. The van der Waals surface area contributed by atoms with E-state index in [1.54, 1.807) is 22.7 Å². The highest BCUT2D eigenvalue weighted by atomic mass is 35.5. The van der Waals surface area contributed by atoms with Crippen LogP contribution in [0.4, 0.5) is 0 Å². The van der Waals surface area contributed by atoms with Crippen molar-refractivity contribution in [2.75, 3.05) is 6.54 Å². The quantitative estimate of drug-likeness (QED) is 0.800. The minimum atomic E-state index is 0.167. The Balaban J connectivity index is 2.28. The first-order valence-corrected chi connectivity index (χ1v) is 7.89. The van der Waals surface area contributed by atoms with E-state index in [1.807, 2.05) is 17.5 Å². The van der Waals surface area contributed by atoms with Crippen molar-refractivity contribution in [3.05, 3.63) is 42.7 Å². The molecule has 92 valence electrons. The molecular weight excluding hydrogens is 293 g/mol. The maximum atomic E-state index is 6.21. The predicted octanol–water partition coefficient (Wildman–Crippen LogP) is 5.21. The molecule has 0 aliphatic heterocycles. The monoisotopic (exact) mass is 305 g/mol. The molecule has 2 heterocycles. The zero-order chi connectivity index (χ0) is 12.3. The summed E-state index contributed by atoms with van der Waals surface area (Å²) in [6, 6.07) is 6.11. The van der Waals surface area contributed by atoms with Gasteiger partial charge in [-0.05, 0) is 36.5 Å². The second-order valence-electron chi connectivity index (χ2n) is 3.66. The zero-order valence-corrected chi connectivity index (χ0v) is 12.5. The third-order valence-electron chi connectivity index (χ3n) is 2.38. The fraction of sp³-hybridized carbons (Fsp3) is 0.333. The summed E-state index contributed by atoms with van der Waals surface area (Å²) in [7, 11) is 0. The van der Waals surface area contributed by atoms with Crippen molar-refractivity contribution in [3.63, 3.8) is 0 Å². The maximum Gasteiger partial charge on any atom is 0.0931 e. The van der Waals surface area contributed by atoms with Crippen LogP contribution >= 0.6 is 45.9 Å². The standard InChI is InChI=1S/C12H13Cl2NS2/c1-2-6-15-11(9-3-4-10(14)17-9)12-8(13)5-7-16-12/h3-5,7,11,15H,2,6H2,1H3. The van der Waals surface area contributed by atoms with Gasteiger partial charge in [-0.1, -0.05) is 30.1 Å². The van der Waals surface area contributed by atoms with E-state index in [9.17, 15) is 0 Å². The number of halogens is 2. The molecule has 17 heavy (non-hydrogen) atoms. The molecule has 1 atom stereocenters. The van der Waals surface area contributed by atoms with Crippen LogP contribution in [0, 0.1) is 0 Å². The smallest absolute Gasteiger partial charge is 0.0931 e. The van der Waals surface area contributed by atoms with Gasteiger partial charge in [0.2, 0.25) is 0 Å². The molecular formula is C12H13Cl2NS2. The van der Waals surface area contributed by atoms with Crippen molar-refractivity contribution in [2.45, 2.75) is 19.4 Å². The number of nitrogens with one attached hydrogen (secondary N) is 1. The SMILES string of the molecule is CCCNC(c1ccc(Cl)s1)c1sccc1Cl. The predicted molar refractivity (Wildman–Crippen MR) is 78.8 cm³/mol. The summed E-state index contributed by atoms with van der Waals surface area (Å²) in [4.78, 5) is 2.38. The Kier molecular flexibility index (Phi) is 4.88. The molecule has 0 aliphatic rings. The van der Waals surface area contributed by atoms with Gasteiger partial charge in [-0.2, -0.15) is 0 Å². The number of thiophene rings is 2. The van der Waals surface area contributed by atoms with Crippen LogP contribution in [0.25, 0.3) is 0 Å². The van der Waals surface area contributed by atoms with Crippen LogP contribution in [0.1, 0.15) is 29.1 Å². The summed E-state index contributed by atoms with van der Waals surface area (Å²) in [6.07, 6.45) is 1.10. The normalized spacial score (nSPS) is 12.9. The van der Waals surface area contributed by atoms with Gasteiger partial charge < -0.3 is 5.32 Å². The molecule has 2 aromatic rings. The Morgan fingerprint density at radius 2 is 2.12 bits per heavy atom. The molecule has 2 aromatic heterocycles. The van der Waals surface area contributed by atoms with Gasteiger partial charge in [0, 0.05) is 9.75 Å². The first kappa shape index (κ1) is 13.4. The lowest BCUT2D eigenvalue weighted by molar-refractivity contribution is 0.613. The average Bonchev–Trinajstić information content (AvgIpc) is 2.90. The van der Waals surface area contributed by atoms with Crippen LogP contribution in [0.3, 0.4) is 0 Å². The Morgan fingerprint density at radius 1 is 1.29 bits per heavy atom. The molecule has 1 unspecified atom stereocenters. The largest absolute Gasteiger partial charge is 0.305 e. The number of hydrogen-bond donors (Lipinski definition) is 1. The lowest BCUT2D eigenvalue weighted by Crippen LogP contribution is -2.21. The topological polar surface area (TPSA) is 12.0 Å². The molecule has 0 saturated heterocycles. The van der Waals surface area contributed by atoms with Crippen LogP contribution < -0.4 is 5.32 Å². The molecule has 0 amide bonds. The molecule has 5 heteroatoms. The van der Waals surface area contributed by atoms with Gasteiger partial charge in [-0.3, -0.25) is 0 Å². The fourth-order valence-corrected chi connectivity index (χ4v) is 4.09. The first-order chi connectivity index (χ1) is 8.22. The maximum absolute atomic E-state index is 6.21. The molecule has 0 fully saturated rings. The van der Waals surface area contributed by atoms with Crippen molar-refractivity contribution in [3.8, 4) is 0 Å². The molecule has 1 N–H and O–H groups in total. The first-order valence-electron chi connectivity index (χ1n) is 5.44.